The summed E-state index contributed by atoms with van der Waals surface area (Å²) in [5.41, 5.74) is 1.53. The first-order valence-electron chi connectivity index (χ1n) is 9.91. The third kappa shape index (κ3) is 10.0. The quantitative estimate of drug-likeness (QED) is 0.714. The summed E-state index contributed by atoms with van der Waals surface area (Å²) < 4.78 is 4.25. The molecule has 4 nitrogen and oxygen atoms in total. The fraction of sp³-hybridized carbons (Fsp3) is 0.810. The molecule has 4 heteroatoms. The van der Waals surface area contributed by atoms with Gasteiger partial charge in [-0.05, 0) is 39.7 Å². The van der Waals surface area contributed by atoms with Crippen LogP contribution in [0.1, 0.15) is 46.5 Å². The molecular weight excluding hydrogens is 310 g/mol. The highest BCUT2D eigenvalue weighted by Crippen LogP contribution is 2.21. The van der Waals surface area contributed by atoms with Crippen LogP contribution in [0.25, 0.3) is 0 Å². The van der Waals surface area contributed by atoms with Crippen molar-refractivity contribution in [3.8, 4) is 0 Å². The van der Waals surface area contributed by atoms with Crippen LogP contribution in [-0.2, 0) is 4.74 Å². The van der Waals surface area contributed by atoms with E-state index in [1.165, 1.54) is 64.2 Å². The number of rotatable bonds is 4. The van der Waals surface area contributed by atoms with Gasteiger partial charge in [-0.2, -0.15) is 0 Å². The number of hydrogen-bond donors (Lipinski definition) is 0. The second-order valence-corrected chi connectivity index (χ2v) is 6.80. The first kappa shape index (κ1) is 24.2. The maximum atomic E-state index is 4.25. The lowest BCUT2D eigenvalue weighted by Gasteiger charge is -2.43. The smallest absolute Gasteiger partial charge is 0.0351 e. The average Bonchev–Trinajstić information content (AvgIpc) is 2.65. The number of nitrogens with zero attached hydrogens (tertiary/aromatic N) is 3. The minimum Gasteiger partial charge on any atom is -0.388 e. The Kier molecular flexibility index (Phi) is 14.9. The lowest BCUT2D eigenvalue weighted by Crippen LogP contribution is -2.52. The number of piperazine rings is 1. The van der Waals surface area contributed by atoms with Gasteiger partial charge in [-0.25, -0.2) is 0 Å². The molecule has 0 aromatic carbocycles. The van der Waals surface area contributed by atoms with Gasteiger partial charge in [0.15, 0.2) is 0 Å². The van der Waals surface area contributed by atoms with E-state index in [2.05, 4.69) is 59.9 Å². The van der Waals surface area contributed by atoms with Crippen molar-refractivity contribution in [3.05, 3.63) is 24.4 Å². The largest absolute Gasteiger partial charge is 0.388 e. The summed E-state index contributed by atoms with van der Waals surface area (Å²) in [7, 11) is 5.49. The number of allylic oxidation sites excluding steroid dienone is 3. The molecule has 0 aromatic heterocycles. The van der Waals surface area contributed by atoms with Crippen molar-refractivity contribution in [1.29, 1.82) is 0 Å². The molecule has 0 spiro atoms. The van der Waals surface area contributed by atoms with Gasteiger partial charge in [0.1, 0.15) is 0 Å². The second kappa shape index (κ2) is 15.4. The van der Waals surface area contributed by atoms with E-state index >= 15 is 0 Å². The van der Waals surface area contributed by atoms with Crippen LogP contribution in [0.15, 0.2) is 24.4 Å². The first-order chi connectivity index (χ1) is 12.1. The Bertz CT molecular complexity index is 341. The van der Waals surface area contributed by atoms with E-state index in [0.717, 1.165) is 12.5 Å². The summed E-state index contributed by atoms with van der Waals surface area (Å²) in [6.07, 6.45) is 9.12. The topological polar surface area (TPSA) is 19.0 Å². The standard InChI is InChI=1S/C15H29N3.C4H8.C2H6O/c1-4-14(5-2)17-8-6-15(7-9-17)18-12-10-16(3)11-13-18;1-3-4-2;1-3-2/h4,15H,5-13H2,1-3H3;3H,1,4H2,2H3;1-2H3/b14-4+;;. The molecule has 2 aliphatic heterocycles. The number of likely N-dealkylation sites (tertiary alicyclic amines) is 1. The third-order valence-corrected chi connectivity index (χ3v) is 4.91. The van der Waals surface area contributed by atoms with Crippen LogP contribution >= 0.6 is 0 Å². The molecular formula is C21H43N3O. The Hall–Kier alpha value is -0.840. The van der Waals surface area contributed by atoms with Gasteiger partial charge in [-0.3, -0.25) is 4.90 Å². The van der Waals surface area contributed by atoms with Gasteiger partial charge in [0.2, 0.25) is 0 Å². The summed E-state index contributed by atoms with van der Waals surface area (Å²) in [6.45, 7) is 17.5. The van der Waals surface area contributed by atoms with Crippen LogP contribution in [0, 0.1) is 0 Å². The van der Waals surface area contributed by atoms with Gasteiger partial charge in [0, 0.05) is 65.2 Å². The van der Waals surface area contributed by atoms with E-state index in [9.17, 15) is 0 Å². The van der Waals surface area contributed by atoms with Crippen LogP contribution in [0.4, 0.5) is 0 Å². The molecule has 0 radical (unpaired) electrons. The third-order valence-electron chi connectivity index (χ3n) is 4.91. The van der Waals surface area contributed by atoms with Crippen LogP contribution in [0.3, 0.4) is 0 Å². The van der Waals surface area contributed by atoms with Crippen LogP contribution in [0.2, 0.25) is 0 Å². The zero-order chi connectivity index (χ0) is 19.1. The van der Waals surface area contributed by atoms with Gasteiger partial charge in [0.25, 0.3) is 0 Å². The summed E-state index contributed by atoms with van der Waals surface area (Å²) in [6, 6.07) is 0.838. The monoisotopic (exact) mass is 353 g/mol. The first-order valence-corrected chi connectivity index (χ1v) is 9.91. The average molecular weight is 354 g/mol. The molecule has 0 saturated carbocycles. The van der Waals surface area contributed by atoms with Crippen molar-refractivity contribution < 1.29 is 4.74 Å². The number of likely N-dealkylation sites (N-methyl/N-ethyl adjacent to an activating group) is 1. The minimum absolute atomic E-state index is 0.838. The van der Waals surface area contributed by atoms with Crippen molar-refractivity contribution in [2.24, 2.45) is 0 Å². The van der Waals surface area contributed by atoms with Gasteiger partial charge < -0.3 is 14.5 Å². The van der Waals surface area contributed by atoms with E-state index < -0.39 is 0 Å². The number of piperidine rings is 1. The zero-order valence-electron chi connectivity index (χ0n) is 17.8. The highest BCUT2D eigenvalue weighted by atomic mass is 16.4. The van der Waals surface area contributed by atoms with E-state index in [4.69, 9.17) is 0 Å². The second-order valence-electron chi connectivity index (χ2n) is 6.80. The molecule has 25 heavy (non-hydrogen) atoms. The Morgan fingerprint density at radius 3 is 1.88 bits per heavy atom. The molecule has 0 unspecified atom stereocenters. The summed E-state index contributed by atoms with van der Waals surface area (Å²) in [4.78, 5) is 7.76. The number of ether oxygens (including phenoxy) is 1. The molecule has 2 rings (SSSR count). The van der Waals surface area contributed by atoms with Crippen molar-refractivity contribution in [3.63, 3.8) is 0 Å². The SMILES string of the molecule is C/C=C(\CC)N1CCC(N2CCN(C)CC2)CC1.C=CCC.COC. The molecule has 2 fully saturated rings. The van der Waals surface area contributed by atoms with Crippen molar-refractivity contribution in [2.45, 2.75) is 52.5 Å². The van der Waals surface area contributed by atoms with E-state index in [-0.39, 0.29) is 0 Å². The normalized spacial score (nSPS) is 20.2. The van der Waals surface area contributed by atoms with Crippen LogP contribution < -0.4 is 0 Å². The summed E-state index contributed by atoms with van der Waals surface area (Å²) in [5.74, 6) is 0. The molecule has 2 aliphatic rings. The fourth-order valence-electron chi connectivity index (χ4n) is 3.32. The maximum absolute atomic E-state index is 4.25. The number of hydrogen-bond acceptors (Lipinski definition) is 4. The summed E-state index contributed by atoms with van der Waals surface area (Å²) >= 11 is 0. The van der Waals surface area contributed by atoms with Crippen molar-refractivity contribution in [1.82, 2.24) is 14.7 Å². The molecule has 0 amide bonds. The minimum atomic E-state index is 0.838. The van der Waals surface area contributed by atoms with Crippen molar-refractivity contribution >= 4 is 0 Å². The predicted molar refractivity (Wildman–Crippen MR) is 111 cm³/mol. The number of methoxy groups -OCH3 is 1. The molecule has 0 N–H and O–H groups in total. The molecule has 0 atom stereocenters. The van der Waals surface area contributed by atoms with Crippen LogP contribution in [0.5, 0.6) is 0 Å². The Labute approximate surface area is 157 Å². The summed E-state index contributed by atoms with van der Waals surface area (Å²) in [5, 5.41) is 0. The maximum Gasteiger partial charge on any atom is 0.0351 e. The molecule has 0 aromatic rings. The van der Waals surface area contributed by atoms with E-state index in [0.29, 0.717) is 0 Å². The van der Waals surface area contributed by atoms with Crippen molar-refractivity contribution in [2.75, 3.05) is 60.5 Å². The van der Waals surface area contributed by atoms with E-state index in [1.54, 1.807) is 14.2 Å². The lowest BCUT2D eigenvalue weighted by molar-refractivity contribution is 0.0751. The molecule has 0 aliphatic carbocycles. The fourth-order valence-corrected chi connectivity index (χ4v) is 3.32. The highest BCUT2D eigenvalue weighted by molar-refractivity contribution is 5.01. The van der Waals surface area contributed by atoms with Gasteiger partial charge in [-0.1, -0.05) is 26.0 Å². The Morgan fingerprint density at radius 1 is 1.04 bits per heavy atom. The molecule has 0 bridgehead atoms. The Balaban J connectivity index is 0.000000708. The predicted octanol–water partition coefficient (Wildman–Crippen LogP) is 3.86. The van der Waals surface area contributed by atoms with E-state index in [1.807, 2.05) is 6.08 Å². The van der Waals surface area contributed by atoms with Gasteiger partial charge in [-0.15, -0.1) is 6.58 Å². The lowest BCUT2D eigenvalue weighted by atomic mass is 10.0. The van der Waals surface area contributed by atoms with Crippen LogP contribution in [-0.4, -0.2) is 81.3 Å². The molecule has 2 saturated heterocycles. The Morgan fingerprint density at radius 2 is 1.52 bits per heavy atom. The van der Waals surface area contributed by atoms with Gasteiger partial charge >= 0.3 is 0 Å². The zero-order valence-corrected chi connectivity index (χ0v) is 17.8. The van der Waals surface area contributed by atoms with Gasteiger partial charge in [0.05, 0.1) is 0 Å². The molecule has 2 heterocycles. The highest BCUT2D eigenvalue weighted by Gasteiger charge is 2.26. The molecule has 148 valence electrons.